The van der Waals surface area contributed by atoms with E-state index in [4.69, 9.17) is 9.72 Å². The van der Waals surface area contributed by atoms with E-state index in [9.17, 15) is 19.2 Å². The largest absolute Gasteiger partial charge is 0.453 e. The number of terminal acetylenes is 1. The molecule has 2 aliphatic carbocycles. The lowest BCUT2D eigenvalue weighted by Crippen LogP contribution is -2.40. The molecule has 2 aromatic heterocycles. The maximum atomic E-state index is 12.8. The second-order valence-electron chi connectivity index (χ2n) is 17.6. The SMILES string of the molecule is C#C.C1CCOCC1.CC1(CN(Cc2ncc(-c3ccc4cc(-c5ccc(-c6cnc([C@H]7N[C@@H]8CC[C@H]7C8)[nH]6)cc5)ccc4c3)[nH]2)C(=O)CNC=O)CC1.CCC.COC.COC(=O)NCC=O. The number of methoxy groups -OCH3 is 2. The lowest BCUT2D eigenvalue weighted by molar-refractivity contribution is -0.132. The fraction of sp³-hybridized carbons (Fsp3) is 0.472. The number of aldehydes is 1. The summed E-state index contributed by atoms with van der Waals surface area (Å²) in [5.41, 5.74) is 6.65. The van der Waals surface area contributed by atoms with Crippen LogP contribution in [0.1, 0.15) is 96.2 Å². The summed E-state index contributed by atoms with van der Waals surface area (Å²) in [6.45, 7) is 9.48. The number of ether oxygens (including phenoxy) is 3. The van der Waals surface area contributed by atoms with Gasteiger partial charge in [-0.15, -0.1) is 12.8 Å². The molecule has 4 fully saturated rings. The van der Waals surface area contributed by atoms with Gasteiger partial charge < -0.3 is 49.8 Å². The Morgan fingerprint density at radius 3 is 2.00 bits per heavy atom. The molecule has 366 valence electrons. The number of H-pyrrole nitrogens is 2. The Morgan fingerprint density at radius 1 is 0.853 bits per heavy atom. The minimum absolute atomic E-state index is 0.00594. The lowest BCUT2D eigenvalue weighted by Gasteiger charge is -2.25. The molecule has 0 spiro atoms. The molecule has 2 saturated carbocycles. The number of aromatic amines is 2. The summed E-state index contributed by atoms with van der Waals surface area (Å²) >= 11 is 0. The zero-order valence-corrected chi connectivity index (χ0v) is 40.8. The molecule has 3 atom stereocenters. The molecule has 3 aromatic carbocycles. The molecule has 2 saturated heterocycles. The minimum Gasteiger partial charge on any atom is -0.453 e. The third kappa shape index (κ3) is 16.8. The standard InChI is InChI=1S/C37H39N7O2.C5H10O.C4H7NO3.C3H8.C2H6O.C2H2/c1-37(12-13-37)21-44(34(46)19-38-22-45)20-33-39-17-32(42-33)28-9-8-26-14-25(6-7-27(26)15-28)23-2-4-24(5-3-23)31-18-40-36(43-31)35-29-10-11-30(16-29)41-35;1-2-4-6-5-3-1;1-8-4(7)5-2-3-6;2*1-3-2;1-2/h2-9,14-15,17-18,22,29-30,35,41H,10-13,16,19-21H2,1H3,(H,38,45)(H,39,42)(H,40,43);1-5H2;3H,2H2,1H3,(H,5,7);3H2,1-2H3;1-2H3;1-2H/t29-,30+,35-;;;;;/m0...../s1. The van der Waals surface area contributed by atoms with Crippen LogP contribution >= 0.6 is 0 Å². The Balaban J connectivity index is 0.000000383. The number of alkyl carbamates (subject to hydrolysis) is 1. The van der Waals surface area contributed by atoms with Gasteiger partial charge in [-0.1, -0.05) is 75.7 Å². The van der Waals surface area contributed by atoms with Crippen LogP contribution < -0.4 is 16.0 Å². The predicted molar refractivity (Wildman–Crippen MR) is 268 cm³/mol. The second-order valence-corrected chi connectivity index (χ2v) is 17.6. The van der Waals surface area contributed by atoms with Crippen LogP contribution in [0.2, 0.25) is 0 Å². The molecular formula is C53H72N8O7. The summed E-state index contributed by atoms with van der Waals surface area (Å²) in [6.07, 6.45) is 23.6. The van der Waals surface area contributed by atoms with Crippen molar-refractivity contribution in [3.05, 3.63) is 84.7 Å². The first-order valence-corrected chi connectivity index (χ1v) is 23.6. The number of carbonyl (C=O) groups excluding carboxylic acids is 4. The van der Waals surface area contributed by atoms with Gasteiger partial charge in [0.15, 0.2) is 0 Å². The number of imidazole rings is 2. The highest BCUT2D eigenvalue weighted by atomic mass is 16.5. The third-order valence-corrected chi connectivity index (χ3v) is 11.9. The van der Waals surface area contributed by atoms with Crippen molar-refractivity contribution in [2.45, 2.75) is 97.2 Å². The van der Waals surface area contributed by atoms with Crippen molar-refractivity contribution in [2.75, 3.05) is 54.2 Å². The fourth-order valence-electron chi connectivity index (χ4n) is 8.20. The van der Waals surface area contributed by atoms with Crippen LogP contribution in [0.4, 0.5) is 4.79 Å². The molecule has 3 amide bonds. The predicted octanol–water partition coefficient (Wildman–Crippen LogP) is 8.63. The van der Waals surface area contributed by atoms with Crippen molar-refractivity contribution in [1.29, 1.82) is 0 Å². The van der Waals surface area contributed by atoms with E-state index >= 15 is 0 Å². The summed E-state index contributed by atoms with van der Waals surface area (Å²) in [5, 5.41) is 10.7. The van der Waals surface area contributed by atoms with Crippen molar-refractivity contribution in [1.82, 2.24) is 40.8 Å². The first-order valence-electron chi connectivity index (χ1n) is 23.6. The molecule has 15 nitrogen and oxygen atoms in total. The summed E-state index contributed by atoms with van der Waals surface area (Å²) in [5.74, 6) is 2.40. The lowest BCUT2D eigenvalue weighted by atomic mass is 9.98. The van der Waals surface area contributed by atoms with Crippen LogP contribution in [0, 0.1) is 24.2 Å². The maximum absolute atomic E-state index is 12.8. The number of nitrogens with zero attached hydrogens (tertiary/aromatic N) is 3. The Bertz CT molecular complexity index is 2300. The van der Waals surface area contributed by atoms with Crippen LogP contribution in [-0.2, 0) is 35.1 Å². The van der Waals surface area contributed by atoms with Crippen LogP contribution in [0.25, 0.3) is 44.4 Å². The van der Waals surface area contributed by atoms with E-state index in [1.165, 1.54) is 68.6 Å². The smallest absolute Gasteiger partial charge is 0.407 e. The van der Waals surface area contributed by atoms with Gasteiger partial charge >= 0.3 is 6.09 Å². The van der Waals surface area contributed by atoms with Crippen molar-refractivity contribution in [3.8, 4) is 46.5 Å². The van der Waals surface area contributed by atoms with E-state index in [-0.39, 0.29) is 24.4 Å². The second kappa shape index (κ2) is 28.7. The first kappa shape index (κ1) is 54.3. The highest BCUT2D eigenvalue weighted by Crippen LogP contribution is 2.46. The summed E-state index contributed by atoms with van der Waals surface area (Å²) in [4.78, 5) is 61.3. The molecule has 2 bridgehead atoms. The number of rotatable bonds is 13. The van der Waals surface area contributed by atoms with E-state index in [0.717, 1.165) is 65.6 Å². The molecule has 4 heterocycles. The van der Waals surface area contributed by atoms with E-state index in [1.54, 1.807) is 19.1 Å². The van der Waals surface area contributed by atoms with Gasteiger partial charge in [0.05, 0.1) is 56.6 Å². The van der Waals surface area contributed by atoms with Crippen LogP contribution in [-0.4, -0.2) is 110 Å². The molecule has 2 aliphatic heterocycles. The number of aromatic nitrogens is 4. The van der Waals surface area contributed by atoms with Gasteiger partial charge in [-0.3, -0.25) is 9.59 Å². The Kier molecular flexibility index (Phi) is 22.9. The van der Waals surface area contributed by atoms with Crippen molar-refractivity contribution in [3.63, 3.8) is 0 Å². The number of piperidine rings is 1. The summed E-state index contributed by atoms with van der Waals surface area (Å²) in [7, 11) is 4.49. The van der Waals surface area contributed by atoms with Gasteiger partial charge in [0.1, 0.15) is 17.9 Å². The molecule has 0 radical (unpaired) electrons. The van der Waals surface area contributed by atoms with Crippen molar-refractivity contribution in [2.24, 2.45) is 11.3 Å². The highest BCUT2D eigenvalue weighted by Gasteiger charge is 2.41. The third-order valence-electron chi connectivity index (χ3n) is 11.9. The van der Waals surface area contributed by atoms with E-state index < -0.39 is 6.09 Å². The van der Waals surface area contributed by atoms with E-state index in [2.05, 4.69) is 135 Å². The minimum atomic E-state index is -0.586. The zero-order chi connectivity index (χ0) is 49.3. The van der Waals surface area contributed by atoms with E-state index in [1.807, 2.05) is 12.4 Å². The number of benzene rings is 3. The molecule has 0 unspecified atom stereocenters. The molecule has 5 aromatic rings. The monoisotopic (exact) mass is 933 g/mol. The normalized spacial score (nSPS) is 17.8. The Labute approximate surface area is 402 Å². The molecule has 15 heteroatoms. The molecule has 9 rings (SSSR count). The molecule has 68 heavy (non-hydrogen) atoms. The van der Waals surface area contributed by atoms with Gasteiger partial charge in [-0.25, -0.2) is 14.8 Å². The number of fused-ring (bicyclic) bond motifs is 3. The summed E-state index contributed by atoms with van der Waals surface area (Å²) < 4.78 is 13.5. The van der Waals surface area contributed by atoms with Gasteiger partial charge in [-0.2, -0.15) is 0 Å². The van der Waals surface area contributed by atoms with Gasteiger partial charge in [0, 0.05) is 45.6 Å². The summed E-state index contributed by atoms with van der Waals surface area (Å²) in [6, 6.07) is 22.7. The van der Waals surface area contributed by atoms with E-state index in [0.29, 0.717) is 43.8 Å². The number of nitrogens with one attached hydrogen (secondary N) is 5. The molecular weight excluding hydrogens is 861 g/mol. The average molecular weight is 933 g/mol. The van der Waals surface area contributed by atoms with Gasteiger partial charge in [0.2, 0.25) is 12.3 Å². The number of hydrogen-bond donors (Lipinski definition) is 5. The molecule has 5 N–H and O–H groups in total. The van der Waals surface area contributed by atoms with Gasteiger partial charge in [-0.05, 0) is 102 Å². The quantitative estimate of drug-likeness (QED) is 0.0564. The Hall–Kier alpha value is -6.34. The average Bonchev–Trinajstić information content (AvgIpc) is 3.95. The van der Waals surface area contributed by atoms with Crippen LogP contribution in [0.15, 0.2) is 73.1 Å². The maximum Gasteiger partial charge on any atom is 0.407 e. The van der Waals surface area contributed by atoms with Crippen LogP contribution in [0.5, 0.6) is 0 Å². The number of hydrogen-bond acceptors (Lipinski definition) is 10. The van der Waals surface area contributed by atoms with Crippen molar-refractivity contribution < 1.29 is 33.4 Å². The first-order chi connectivity index (χ1) is 33.1. The Morgan fingerprint density at radius 2 is 1.46 bits per heavy atom. The zero-order valence-electron chi connectivity index (χ0n) is 40.8. The number of amides is 3. The van der Waals surface area contributed by atoms with Crippen molar-refractivity contribution >= 4 is 35.5 Å². The number of carbonyl (C=O) groups is 4. The highest BCUT2D eigenvalue weighted by molar-refractivity contribution is 5.90. The molecule has 4 aliphatic rings. The fourth-order valence-corrected chi connectivity index (χ4v) is 8.20. The van der Waals surface area contributed by atoms with Gasteiger partial charge in [0.25, 0.3) is 0 Å². The topological polar surface area (TPSA) is 193 Å². The van der Waals surface area contributed by atoms with Crippen LogP contribution in [0.3, 0.4) is 0 Å².